The standard InChI is InChI=1S/C11H9F3N2S/c1-7-6-10(17)16(15-7)9-4-2-8(3-5-9)11(12,13)14/h2-6,15H,1H3. The maximum absolute atomic E-state index is 12.4. The van der Waals surface area contributed by atoms with Crippen LogP contribution < -0.4 is 0 Å². The van der Waals surface area contributed by atoms with Crippen LogP contribution in [0.5, 0.6) is 0 Å². The summed E-state index contributed by atoms with van der Waals surface area (Å²) in [6.07, 6.45) is -4.31. The molecule has 0 aliphatic rings. The molecule has 1 aromatic heterocycles. The number of hydrogen-bond acceptors (Lipinski definition) is 1. The van der Waals surface area contributed by atoms with Gasteiger partial charge in [-0.05, 0) is 37.3 Å². The van der Waals surface area contributed by atoms with Crippen LogP contribution >= 0.6 is 12.2 Å². The first-order valence-corrected chi connectivity index (χ1v) is 5.25. The first kappa shape index (κ1) is 11.9. The van der Waals surface area contributed by atoms with Gasteiger partial charge in [-0.15, -0.1) is 0 Å². The summed E-state index contributed by atoms with van der Waals surface area (Å²) in [5.74, 6) is 0. The van der Waals surface area contributed by atoms with Gasteiger partial charge >= 0.3 is 6.18 Å². The first-order chi connectivity index (χ1) is 7.88. The second-order valence-electron chi connectivity index (χ2n) is 3.66. The lowest BCUT2D eigenvalue weighted by Gasteiger charge is -2.08. The molecule has 0 aliphatic heterocycles. The third-order valence-corrected chi connectivity index (χ3v) is 2.60. The zero-order chi connectivity index (χ0) is 12.6. The molecule has 0 radical (unpaired) electrons. The summed E-state index contributed by atoms with van der Waals surface area (Å²) in [4.78, 5) is 0. The molecule has 0 bridgehead atoms. The number of H-pyrrole nitrogens is 1. The van der Waals surface area contributed by atoms with E-state index < -0.39 is 11.7 Å². The zero-order valence-corrected chi connectivity index (χ0v) is 9.69. The molecule has 0 fully saturated rings. The Morgan fingerprint density at radius 1 is 1.18 bits per heavy atom. The highest BCUT2D eigenvalue weighted by atomic mass is 32.1. The fourth-order valence-corrected chi connectivity index (χ4v) is 1.83. The number of hydrogen-bond donors (Lipinski definition) is 1. The van der Waals surface area contributed by atoms with Gasteiger partial charge in [0.25, 0.3) is 0 Å². The average Bonchev–Trinajstić information content (AvgIpc) is 2.57. The van der Waals surface area contributed by atoms with Crippen molar-refractivity contribution >= 4 is 12.2 Å². The molecule has 90 valence electrons. The molecular weight excluding hydrogens is 249 g/mol. The van der Waals surface area contributed by atoms with Gasteiger partial charge < -0.3 is 0 Å². The van der Waals surface area contributed by atoms with Crippen LogP contribution in [-0.4, -0.2) is 9.78 Å². The van der Waals surface area contributed by atoms with Crippen LogP contribution in [0, 0.1) is 11.6 Å². The molecule has 0 aliphatic carbocycles. The topological polar surface area (TPSA) is 20.7 Å². The summed E-state index contributed by atoms with van der Waals surface area (Å²) < 4.78 is 39.2. The number of aromatic nitrogens is 2. The molecule has 1 N–H and O–H groups in total. The van der Waals surface area contributed by atoms with Crippen molar-refractivity contribution in [3.63, 3.8) is 0 Å². The van der Waals surface area contributed by atoms with Gasteiger partial charge in [-0.2, -0.15) is 13.2 Å². The molecule has 2 aromatic rings. The first-order valence-electron chi connectivity index (χ1n) is 4.84. The fourth-order valence-electron chi connectivity index (χ4n) is 1.50. The Bertz CT molecular complexity index is 578. The van der Waals surface area contributed by atoms with Gasteiger partial charge in [0, 0.05) is 5.69 Å². The predicted molar refractivity (Wildman–Crippen MR) is 60.7 cm³/mol. The van der Waals surface area contributed by atoms with Gasteiger partial charge in [0.1, 0.15) is 4.64 Å². The monoisotopic (exact) mass is 258 g/mol. The van der Waals surface area contributed by atoms with Crippen molar-refractivity contribution in [1.82, 2.24) is 9.78 Å². The molecule has 0 amide bonds. The summed E-state index contributed by atoms with van der Waals surface area (Å²) >= 11 is 5.07. The van der Waals surface area contributed by atoms with E-state index in [1.807, 2.05) is 6.92 Å². The second-order valence-corrected chi connectivity index (χ2v) is 4.08. The molecule has 2 rings (SSSR count). The molecule has 17 heavy (non-hydrogen) atoms. The quantitative estimate of drug-likeness (QED) is 0.770. The summed E-state index contributed by atoms with van der Waals surface area (Å²) in [5.41, 5.74) is 0.766. The number of rotatable bonds is 1. The molecule has 1 heterocycles. The molecular formula is C11H9F3N2S. The molecule has 1 aromatic carbocycles. The van der Waals surface area contributed by atoms with E-state index in [-0.39, 0.29) is 0 Å². The highest BCUT2D eigenvalue weighted by molar-refractivity contribution is 7.71. The number of aryl methyl sites for hydroxylation is 1. The molecule has 6 heteroatoms. The molecule has 0 saturated carbocycles. The van der Waals surface area contributed by atoms with E-state index in [2.05, 4.69) is 5.10 Å². The number of benzene rings is 1. The van der Waals surface area contributed by atoms with Gasteiger partial charge in [0.2, 0.25) is 0 Å². The largest absolute Gasteiger partial charge is 0.416 e. The third-order valence-electron chi connectivity index (χ3n) is 2.30. The molecule has 0 atom stereocenters. The zero-order valence-electron chi connectivity index (χ0n) is 8.88. The Kier molecular flexibility index (Phi) is 2.82. The highest BCUT2D eigenvalue weighted by Gasteiger charge is 2.29. The van der Waals surface area contributed by atoms with E-state index in [4.69, 9.17) is 12.2 Å². The summed E-state index contributed by atoms with van der Waals surface area (Å²) in [5, 5.41) is 2.95. The van der Waals surface area contributed by atoms with E-state index in [1.54, 1.807) is 10.7 Å². The van der Waals surface area contributed by atoms with Crippen molar-refractivity contribution in [3.05, 3.63) is 46.2 Å². The Morgan fingerprint density at radius 2 is 1.76 bits per heavy atom. The minimum Gasteiger partial charge on any atom is -0.297 e. The van der Waals surface area contributed by atoms with Crippen LogP contribution in [-0.2, 0) is 6.18 Å². The van der Waals surface area contributed by atoms with Crippen molar-refractivity contribution in [2.45, 2.75) is 13.1 Å². The lowest BCUT2D eigenvalue weighted by atomic mass is 10.2. The predicted octanol–water partition coefficient (Wildman–Crippen LogP) is 3.86. The van der Waals surface area contributed by atoms with E-state index >= 15 is 0 Å². The fraction of sp³-hybridized carbons (Fsp3) is 0.182. The SMILES string of the molecule is Cc1cc(=S)n(-c2ccc(C(F)(F)F)cc2)[nH]1. The Labute approximate surface area is 101 Å². The van der Waals surface area contributed by atoms with Crippen LogP contribution in [0.2, 0.25) is 0 Å². The number of alkyl halides is 3. The highest BCUT2D eigenvalue weighted by Crippen LogP contribution is 2.29. The minimum absolute atomic E-state index is 0.530. The van der Waals surface area contributed by atoms with E-state index in [9.17, 15) is 13.2 Å². The Hall–Kier alpha value is -1.56. The van der Waals surface area contributed by atoms with Crippen LogP contribution in [0.1, 0.15) is 11.3 Å². The number of nitrogens with one attached hydrogen (secondary N) is 1. The van der Waals surface area contributed by atoms with E-state index in [1.165, 1.54) is 12.1 Å². The molecule has 0 saturated heterocycles. The minimum atomic E-state index is -4.31. The number of aromatic amines is 1. The Morgan fingerprint density at radius 3 is 2.18 bits per heavy atom. The van der Waals surface area contributed by atoms with Gasteiger partial charge in [0.05, 0.1) is 11.3 Å². The van der Waals surface area contributed by atoms with Gasteiger partial charge in [-0.25, -0.2) is 4.68 Å². The molecule has 2 nitrogen and oxygen atoms in total. The Balaban J connectivity index is 2.43. The number of nitrogens with zero attached hydrogens (tertiary/aromatic N) is 1. The molecule has 0 unspecified atom stereocenters. The van der Waals surface area contributed by atoms with Crippen molar-refractivity contribution in [1.29, 1.82) is 0 Å². The summed E-state index contributed by atoms with van der Waals surface area (Å²) in [6, 6.07) is 6.58. The van der Waals surface area contributed by atoms with Gasteiger partial charge in [-0.1, -0.05) is 12.2 Å². The summed E-state index contributed by atoms with van der Waals surface area (Å²) in [7, 11) is 0. The van der Waals surface area contributed by atoms with Gasteiger partial charge in [0.15, 0.2) is 0 Å². The third kappa shape index (κ3) is 2.41. The van der Waals surface area contributed by atoms with Crippen molar-refractivity contribution < 1.29 is 13.2 Å². The number of halogens is 3. The molecule has 0 spiro atoms. The maximum Gasteiger partial charge on any atom is 0.416 e. The van der Waals surface area contributed by atoms with Crippen LogP contribution in [0.25, 0.3) is 5.69 Å². The lowest BCUT2D eigenvalue weighted by Crippen LogP contribution is -2.05. The summed E-state index contributed by atoms with van der Waals surface area (Å²) in [6.45, 7) is 1.83. The van der Waals surface area contributed by atoms with Gasteiger partial charge in [-0.3, -0.25) is 5.10 Å². The van der Waals surface area contributed by atoms with Crippen LogP contribution in [0.4, 0.5) is 13.2 Å². The van der Waals surface area contributed by atoms with Crippen LogP contribution in [0.15, 0.2) is 30.3 Å². The second kappa shape index (κ2) is 4.03. The normalized spacial score (nSPS) is 11.8. The van der Waals surface area contributed by atoms with Crippen molar-refractivity contribution in [2.24, 2.45) is 0 Å². The van der Waals surface area contributed by atoms with Crippen LogP contribution in [0.3, 0.4) is 0 Å². The lowest BCUT2D eigenvalue weighted by molar-refractivity contribution is -0.137. The van der Waals surface area contributed by atoms with E-state index in [0.29, 0.717) is 10.3 Å². The smallest absolute Gasteiger partial charge is 0.297 e. The van der Waals surface area contributed by atoms with Crippen molar-refractivity contribution in [2.75, 3.05) is 0 Å². The maximum atomic E-state index is 12.4. The van der Waals surface area contributed by atoms with Crippen molar-refractivity contribution in [3.8, 4) is 5.69 Å². The van der Waals surface area contributed by atoms with E-state index in [0.717, 1.165) is 17.8 Å². The average molecular weight is 258 g/mol.